The van der Waals surface area contributed by atoms with Crippen LogP contribution in [0.4, 0.5) is 4.79 Å². The zero-order chi connectivity index (χ0) is 24.0. The zero-order valence-corrected chi connectivity index (χ0v) is 19.4. The number of hydrogen-bond acceptors (Lipinski definition) is 7. The molecule has 0 bridgehead atoms. The Kier molecular flexibility index (Phi) is 7.20. The van der Waals surface area contributed by atoms with Crippen LogP contribution < -0.4 is 14.8 Å². The number of nitrogens with one attached hydrogen (secondary N) is 1. The molecule has 2 aromatic carbocycles. The Balaban J connectivity index is 1.21. The van der Waals surface area contributed by atoms with Gasteiger partial charge in [-0.05, 0) is 54.4 Å². The summed E-state index contributed by atoms with van der Waals surface area (Å²) < 4.78 is 16.2. The van der Waals surface area contributed by atoms with E-state index >= 15 is 0 Å². The number of likely N-dealkylation sites (tertiary alicyclic amines) is 1. The van der Waals surface area contributed by atoms with Gasteiger partial charge in [-0.15, -0.1) is 0 Å². The van der Waals surface area contributed by atoms with Gasteiger partial charge in [0.25, 0.3) is 5.91 Å². The lowest BCUT2D eigenvalue weighted by Gasteiger charge is -2.37. The fourth-order valence-corrected chi connectivity index (χ4v) is 3.95. The normalized spacial score (nSPS) is 17.2. The number of carbonyl (C=O) groups excluding carboxylic acids is 2. The van der Waals surface area contributed by atoms with Crippen molar-refractivity contribution in [1.82, 2.24) is 10.2 Å². The molecule has 9 nitrogen and oxygen atoms in total. The molecule has 0 atom stereocenters. The number of carbonyl (C=O) groups is 2. The van der Waals surface area contributed by atoms with Crippen molar-refractivity contribution in [2.24, 2.45) is 5.16 Å². The standard InChI is InChI=1S/C25H29N3O6/c1-18(27-33-15-19-3-7-21(31-2)8-4-19)20-5-9-22(10-6-20)32-16-23(29)28-13-11-25(12-14-28)17-26-24(30)34-25/h3-10H,11-17H2,1-2H3,(H,26,30). The molecule has 1 spiro atoms. The van der Waals surface area contributed by atoms with E-state index in [9.17, 15) is 9.59 Å². The summed E-state index contributed by atoms with van der Waals surface area (Å²) in [7, 11) is 1.63. The van der Waals surface area contributed by atoms with Crippen LogP contribution in [0, 0.1) is 0 Å². The average Bonchev–Trinajstić information content (AvgIpc) is 3.23. The van der Waals surface area contributed by atoms with Gasteiger partial charge in [-0.2, -0.15) is 0 Å². The number of ether oxygens (including phenoxy) is 3. The van der Waals surface area contributed by atoms with Crippen LogP contribution in [-0.4, -0.2) is 61.6 Å². The number of alkyl carbamates (subject to hydrolysis) is 1. The van der Waals surface area contributed by atoms with E-state index in [1.54, 1.807) is 24.1 Å². The summed E-state index contributed by atoms with van der Waals surface area (Å²) in [6.07, 6.45) is 0.882. The molecule has 2 saturated heterocycles. The third kappa shape index (κ3) is 5.78. The predicted molar refractivity (Wildman–Crippen MR) is 125 cm³/mol. The maximum absolute atomic E-state index is 12.5. The fraction of sp³-hybridized carbons (Fsp3) is 0.400. The molecule has 9 heteroatoms. The summed E-state index contributed by atoms with van der Waals surface area (Å²) in [6.45, 7) is 3.79. The SMILES string of the molecule is COc1ccc(CON=C(C)c2ccc(OCC(=O)N3CCC4(CC3)CNC(=O)O4)cc2)cc1. The summed E-state index contributed by atoms with van der Waals surface area (Å²) in [5, 5.41) is 6.88. The highest BCUT2D eigenvalue weighted by atomic mass is 16.6. The van der Waals surface area contributed by atoms with Gasteiger partial charge in [-0.25, -0.2) is 4.79 Å². The molecule has 0 saturated carbocycles. The first-order chi connectivity index (χ1) is 16.5. The molecule has 34 heavy (non-hydrogen) atoms. The Morgan fingerprint density at radius 1 is 1.09 bits per heavy atom. The Hall–Kier alpha value is -3.75. The number of methoxy groups -OCH3 is 1. The minimum atomic E-state index is -0.470. The molecule has 2 amide bonds. The van der Waals surface area contributed by atoms with E-state index in [-0.39, 0.29) is 18.6 Å². The van der Waals surface area contributed by atoms with Gasteiger partial charge in [0.05, 0.1) is 19.4 Å². The van der Waals surface area contributed by atoms with Crippen molar-refractivity contribution >= 4 is 17.7 Å². The first-order valence-corrected chi connectivity index (χ1v) is 11.2. The summed E-state index contributed by atoms with van der Waals surface area (Å²) in [6, 6.07) is 15.0. The van der Waals surface area contributed by atoms with Crippen molar-refractivity contribution < 1.29 is 28.6 Å². The van der Waals surface area contributed by atoms with E-state index in [0.717, 1.165) is 22.6 Å². The predicted octanol–water partition coefficient (Wildman–Crippen LogP) is 3.12. The average molecular weight is 468 g/mol. The van der Waals surface area contributed by atoms with E-state index in [4.69, 9.17) is 19.0 Å². The molecule has 0 radical (unpaired) electrons. The molecular weight excluding hydrogens is 438 g/mol. The summed E-state index contributed by atoms with van der Waals surface area (Å²) in [5.74, 6) is 1.32. The van der Waals surface area contributed by atoms with E-state index in [2.05, 4.69) is 10.5 Å². The van der Waals surface area contributed by atoms with Crippen molar-refractivity contribution in [3.8, 4) is 11.5 Å². The van der Waals surface area contributed by atoms with Crippen LogP contribution >= 0.6 is 0 Å². The maximum Gasteiger partial charge on any atom is 0.407 e. The van der Waals surface area contributed by atoms with Gasteiger partial charge in [-0.1, -0.05) is 17.3 Å². The first-order valence-electron chi connectivity index (χ1n) is 11.2. The highest BCUT2D eigenvalue weighted by Gasteiger charge is 2.43. The summed E-state index contributed by atoms with van der Waals surface area (Å²) in [4.78, 5) is 31.1. The van der Waals surface area contributed by atoms with Gasteiger partial charge in [0.2, 0.25) is 0 Å². The van der Waals surface area contributed by atoms with Crippen LogP contribution in [0.3, 0.4) is 0 Å². The molecule has 2 aliphatic rings. The second kappa shape index (κ2) is 10.5. The molecule has 1 N–H and O–H groups in total. The molecule has 0 aromatic heterocycles. The van der Waals surface area contributed by atoms with Gasteiger partial charge in [0.15, 0.2) is 6.61 Å². The number of amides is 2. The number of hydrogen-bond donors (Lipinski definition) is 1. The maximum atomic E-state index is 12.5. The molecule has 2 fully saturated rings. The molecule has 4 rings (SSSR count). The van der Waals surface area contributed by atoms with Crippen LogP contribution in [0.5, 0.6) is 11.5 Å². The fourth-order valence-electron chi connectivity index (χ4n) is 3.95. The second-order valence-electron chi connectivity index (χ2n) is 8.42. The molecule has 2 aromatic rings. The van der Waals surface area contributed by atoms with E-state index < -0.39 is 5.60 Å². The van der Waals surface area contributed by atoms with Crippen LogP contribution in [0.1, 0.15) is 30.9 Å². The largest absolute Gasteiger partial charge is 0.497 e. The van der Waals surface area contributed by atoms with Crippen molar-refractivity contribution in [1.29, 1.82) is 0 Å². The van der Waals surface area contributed by atoms with Gasteiger partial charge < -0.3 is 29.3 Å². The van der Waals surface area contributed by atoms with Crippen LogP contribution in [0.15, 0.2) is 53.7 Å². The highest BCUT2D eigenvalue weighted by molar-refractivity contribution is 5.98. The van der Waals surface area contributed by atoms with Crippen molar-refractivity contribution in [2.45, 2.75) is 32.0 Å². The van der Waals surface area contributed by atoms with Crippen LogP contribution in [0.25, 0.3) is 0 Å². The van der Waals surface area contributed by atoms with Crippen molar-refractivity contribution in [2.75, 3.05) is 33.4 Å². The third-order valence-corrected chi connectivity index (χ3v) is 6.12. The zero-order valence-electron chi connectivity index (χ0n) is 19.4. The molecule has 2 heterocycles. The smallest absolute Gasteiger partial charge is 0.407 e. The first kappa shape index (κ1) is 23.4. The van der Waals surface area contributed by atoms with Gasteiger partial charge >= 0.3 is 6.09 Å². The third-order valence-electron chi connectivity index (χ3n) is 6.12. The number of rotatable bonds is 8. The number of nitrogens with zero attached hydrogens (tertiary/aromatic N) is 2. The van der Waals surface area contributed by atoms with Crippen molar-refractivity contribution in [3.05, 3.63) is 59.7 Å². The van der Waals surface area contributed by atoms with Crippen molar-refractivity contribution in [3.63, 3.8) is 0 Å². The van der Waals surface area contributed by atoms with E-state index in [0.29, 0.717) is 44.8 Å². The molecule has 0 aliphatic carbocycles. The monoisotopic (exact) mass is 467 g/mol. The quantitative estimate of drug-likeness (QED) is 0.473. The minimum Gasteiger partial charge on any atom is -0.497 e. The number of piperidine rings is 1. The number of benzene rings is 2. The Morgan fingerprint density at radius 2 is 1.76 bits per heavy atom. The minimum absolute atomic E-state index is 0.0393. The molecule has 180 valence electrons. The summed E-state index contributed by atoms with van der Waals surface area (Å²) in [5.41, 5.74) is 2.16. The summed E-state index contributed by atoms with van der Waals surface area (Å²) >= 11 is 0. The van der Waals surface area contributed by atoms with Gasteiger partial charge in [0, 0.05) is 25.9 Å². The Bertz CT molecular complexity index is 1030. The molecular formula is C25H29N3O6. The highest BCUT2D eigenvalue weighted by Crippen LogP contribution is 2.29. The number of oxime groups is 1. The van der Waals surface area contributed by atoms with E-state index in [1.165, 1.54) is 0 Å². The molecule has 2 aliphatic heterocycles. The van der Waals surface area contributed by atoms with Gasteiger partial charge in [0.1, 0.15) is 23.7 Å². The second-order valence-corrected chi connectivity index (χ2v) is 8.42. The van der Waals surface area contributed by atoms with Gasteiger partial charge in [-0.3, -0.25) is 4.79 Å². The lowest BCUT2D eigenvalue weighted by Crippen LogP contribution is -2.49. The Morgan fingerprint density at radius 3 is 2.38 bits per heavy atom. The van der Waals surface area contributed by atoms with Crippen LogP contribution in [-0.2, 0) is 21.0 Å². The topological polar surface area (TPSA) is 98.7 Å². The van der Waals surface area contributed by atoms with Crippen LogP contribution in [0.2, 0.25) is 0 Å². The lowest BCUT2D eigenvalue weighted by molar-refractivity contribution is -0.136. The molecule has 0 unspecified atom stereocenters. The Labute approximate surface area is 198 Å². The lowest BCUT2D eigenvalue weighted by atomic mass is 9.91. The van der Waals surface area contributed by atoms with E-state index in [1.807, 2.05) is 43.3 Å².